The number of aromatic carboxylic acids is 1. The molecule has 116 valence electrons. The highest BCUT2D eigenvalue weighted by atomic mass is 32.2. The van der Waals surface area contributed by atoms with Crippen molar-refractivity contribution in [2.45, 2.75) is 13.0 Å². The Hall–Kier alpha value is -1.87. The molecule has 1 aromatic heterocycles. The van der Waals surface area contributed by atoms with Crippen LogP contribution in [0.15, 0.2) is 16.5 Å². The number of hydrogen-bond acceptors (Lipinski definition) is 5. The van der Waals surface area contributed by atoms with Crippen LogP contribution in [-0.4, -0.2) is 66.5 Å². The molecule has 1 aliphatic rings. The summed E-state index contributed by atoms with van der Waals surface area (Å²) in [5.74, 6) is -2.06. The molecular formula is C12H16N2O6S. The first-order valence-corrected chi connectivity index (χ1v) is 8.14. The number of nitrogens with zero attached hydrogens (tertiary/aromatic N) is 2. The topological polar surface area (TPSA) is 108 Å². The van der Waals surface area contributed by atoms with Crippen molar-refractivity contribution in [2.24, 2.45) is 0 Å². The number of carbonyl (C=O) groups is 2. The van der Waals surface area contributed by atoms with Crippen molar-refractivity contribution in [3.63, 3.8) is 0 Å². The van der Waals surface area contributed by atoms with Crippen LogP contribution >= 0.6 is 0 Å². The van der Waals surface area contributed by atoms with Gasteiger partial charge in [0.25, 0.3) is 5.91 Å². The van der Waals surface area contributed by atoms with Gasteiger partial charge in [-0.05, 0) is 19.1 Å². The summed E-state index contributed by atoms with van der Waals surface area (Å²) in [7, 11) is -3.30. The molecule has 2 heterocycles. The van der Waals surface area contributed by atoms with Crippen LogP contribution in [0.3, 0.4) is 0 Å². The maximum atomic E-state index is 12.2. The number of hydrogen-bond donors (Lipinski definition) is 1. The lowest BCUT2D eigenvalue weighted by atomic mass is 10.2. The summed E-state index contributed by atoms with van der Waals surface area (Å²) in [5, 5.41) is 8.76. The van der Waals surface area contributed by atoms with Crippen LogP contribution in [0, 0.1) is 0 Å². The van der Waals surface area contributed by atoms with E-state index in [0.717, 1.165) is 6.26 Å². The van der Waals surface area contributed by atoms with Crippen molar-refractivity contribution in [1.29, 1.82) is 0 Å². The average molecular weight is 316 g/mol. The highest BCUT2D eigenvalue weighted by Gasteiger charge is 2.33. The number of furan rings is 1. The van der Waals surface area contributed by atoms with Crippen molar-refractivity contribution in [1.82, 2.24) is 9.21 Å². The highest BCUT2D eigenvalue weighted by molar-refractivity contribution is 7.88. The van der Waals surface area contributed by atoms with Crippen LogP contribution in [0.2, 0.25) is 0 Å². The Morgan fingerprint density at radius 1 is 1.29 bits per heavy atom. The molecule has 2 rings (SSSR count). The van der Waals surface area contributed by atoms with Gasteiger partial charge in [0, 0.05) is 25.7 Å². The summed E-state index contributed by atoms with van der Waals surface area (Å²) in [5.41, 5.74) is 0. The molecule has 0 saturated carbocycles. The number of piperazine rings is 1. The predicted molar refractivity (Wildman–Crippen MR) is 72.6 cm³/mol. The molecule has 0 spiro atoms. The Labute approximate surface area is 122 Å². The molecule has 0 unspecified atom stereocenters. The van der Waals surface area contributed by atoms with Crippen molar-refractivity contribution < 1.29 is 27.5 Å². The Bertz CT molecular complexity index is 665. The minimum atomic E-state index is -3.30. The van der Waals surface area contributed by atoms with Crippen LogP contribution in [0.1, 0.15) is 28.0 Å². The minimum Gasteiger partial charge on any atom is -0.475 e. The first-order valence-electron chi connectivity index (χ1n) is 6.29. The zero-order chi connectivity index (χ0) is 15.8. The smallest absolute Gasteiger partial charge is 0.371 e. The molecule has 1 aromatic rings. The highest BCUT2D eigenvalue weighted by Crippen LogP contribution is 2.17. The van der Waals surface area contributed by atoms with E-state index >= 15 is 0 Å². The molecule has 21 heavy (non-hydrogen) atoms. The molecule has 1 amide bonds. The Morgan fingerprint density at radius 3 is 2.38 bits per heavy atom. The van der Waals surface area contributed by atoms with E-state index < -0.39 is 21.9 Å². The molecule has 1 atom stereocenters. The van der Waals surface area contributed by atoms with Gasteiger partial charge in [0.2, 0.25) is 15.8 Å². The molecule has 9 heteroatoms. The van der Waals surface area contributed by atoms with Gasteiger partial charge < -0.3 is 14.4 Å². The number of carbonyl (C=O) groups excluding carboxylic acids is 1. The largest absolute Gasteiger partial charge is 0.475 e. The van der Waals surface area contributed by atoms with Crippen LogP contribution < -0.4 is 0 Å². The van der Waals surface area contributed by atoms with Crippen molar-refractivity contribution in [3.05, 3.63) is 23.7 Å². The van der Waals surface area contributed by atoms with Gasteiger partial charge >= 0.3 is 5.97 Å². The summed E-state index contributed by atoms with van der Waals surface area (Å²) in [4.78, 5) is 24.4. The fourth-order valence-corrected chi connectivity index (χ4v) is 3.48. The van der Waals surface area contributed by atoms with Crippen LogP contribution in [0.25, 0.3) is 0 Å². The maximum absolute atomic E-state index is 12.2. The number of sulfonamides is 1. The number of carboxylic acids is 1. The molecular weight excluding hydrogens is 300 g/mol. The van der Waals surface area contributed by atoms with Crippen LogP contribution in [0.4, 0.5) is 0 Å². The third-order valence-corrected chi connectivity index (χ3v) is 4.70. The third kappa shape index (κ3) is 3.24. The van der Waals surface area contributed by atoms with Gasteiger partial charge in [-0.1, -0.05) is 0 Å². The molecule has 1 N–H and O–H groups in total. The fraction of sp³-hybridized carbons (Fsp3) is 0.500. The Kier molecular flexibility index (Phi) is 4.06. The second-order valence-corrected chi connectivity index (χ2v) is 6.88. The predicted octanol–water partition coefficient (Wildman–Crippen LogP) is 0.0837. The Morgan fingerprint density at radius 2 is 1.90 bits per heavy atom. The van der Waals surface area contributed by atoms with Crippen LogP contribution in [-0.2, 0) is 10.0 Å². The fourth-order valence-electron chi connectivity index (χ4n) is 2.34. The van der Waals surface area contributed by atoms with Gasteiger partial charge in [0.15, 0.2) is 5.76 Å². The molecule has 0 aliphatic carbocycles. The second-order valence-electron chi connectivity index (χ2n) is 4.94. The van der Waals surface area contributed by atoms with E-state index in [0.29, 0.717) is 0 Å². The summed E-state index contributed by atoms with van der Waals surface area (Å²) < 4.78 is 29.4. The molecule has 0 bridgehead atoms. The normalized spacial score (nSPS) is 20.5. The summed E-state index contributed by atoms with van der Waals surface area (Å²) in [6.07, 6.45) is 1.13. The Balaban J connectivity index is 2.10. The van der Waals surface area contributed by atoms with Gasteiger partial charge in [-0.2, -0.15) is 4.31 Å². The molecule has 1 fully saturated rings. The quantitative estimate of drug-likeness (QED) is 0.846. The van der Waals surface area contributed by atoms with E-state index in [1.54, 1.807) is 6.92 Å². The lowest BCUT2D eigenvalue weighted by molar-refractivity contribution is 0.0596. The van der Waals surface area contributed by atoms with E-state index in [1.807, 2.05) is 0 Å². The summed E-state index contributed by atoms with van der Waals surface area (Å²) in [6.45, 7) is 2.39. The molecule has 1 saturated heterocycles. The van der Waals surface area contributed by atoms with E-state index in [4.69, 9.17) is 9.52 Å². The average Bonchev–Trinajstić information content (AvgIpc) is 2.85. The molecule has 8 nitrogen and oxygen atoms in total. The second kappa shape index (κ2) is 5.49. The lowest BCUT2D eigenvalue weighted by Gasteiger charge is -2.37. The maximum Gasteiger partial charge on any atom is 0.371 e. The van der Waals surface area contributed by atoms with Gasteiger partial charge in [-0.25, -0.2) is 13.2 Å². The number of amides is 1. The zero-order valence-electron chi connectivity index (χ0n) is 11.6. The van der Waals surface area contributed by atoms with Crippen molar-refractivity contribution in [3.8, 4) is 0 Å². The van der Waals surface area contributed by atoms with Crippen molar-refractivity contribution in [2.75, 3.05) is 25.9 Å². The monoisotopic (exact) mass is 316 g/mol. The first-order chi connectivity index (χ1) is 9.70. The van der Waals surface area contributed by atoms with Crippen LogP contribution in [0.5, 0.6) is 0 Å². The van der Waals surface area contributed by atoms with E-state index in [9.17, 15) is 18.0 Å². The standard InChI is InChI=1S/C12H16N2O6S/c1-8-7-13(5-6-14(8)21(2,18)19)11(15)9-3-4-10(20-9)12(16)17/h3-4,8H,5-7H2,1-2H3,(H,16,17)/t8-/m0/s1. The first kappa shape index (κ1) is 15.5. The minimum absolute atomic E-state index is 0.0626. The summed E-state index contributed by atoms with van der Waals surface area (Å²) >= 11 is 0. The molecule has 0 radical (unpaired) electrons. The lowest BCUT2D eigenvalue weighted by Crippen LogP contribution is -2.55. The van der Waals surface area contributed by atoms with E-state index in [1.165, 1.54) is 21.3 Å². The van der Waals surface area contributed by atoms with Gasteiger partial charge in [-0.15, -0.1) is 0 Å². The molecule has 1 aliphatic heterocycles. The number of rotatable bonds is 3. The zero-order valence-corrected chi connectivity index (χ0v) is 12.5. The molecule has 0 aromatic carbocycles. The number of carboxylic acid groups (broad SMARTS) is 1. The van der Waals surface area contributed by atoms with Crippen molar-refractivity contribution >= 4 is 21.9 Å². The van der Waals surface area contributed by atoms with Gasteiger partial charge in [-0.3, -0.25) is 4.79 Å². The van der Waals surface area contributed by atoms with Gasteiger partial charge in [0.05, 0.1) is 6.26 Å². The van der Waals surface area contributed by atoms with Gasteiger partial charge in [0.1, 0.15) is 0 Å². The van der Waals surface area contributed by atoms with E-state index in [2.05, 4.69) is 0 Å². The summed E-state index contributed by atoms with van der Waals surface area (Å²) in [6, 6.07) is 2.18. The third-order valence-electron chi connectivity index (χ3n) is 3.31. The van der Waals surface area contributed by atoms with E-state index in [-0.39, 0.29) is 37.2 Å². The SMILES string of the molecule is C[C@H]1CN(C(=O)c2ccc(C(=O)O)o2)CCN1S(C)(=O)=O.